The van der Waals surface area contributed by atoms with Crippen molar-refractivity contribution in [2.75, 3.05) is 7.11 Å². The highest BCUT2D eigenvalue weighted by Crippen LogP contribution is 2.43. The molecule has 2 nitrogen and oxygen atoms in total. The third-order valence-corrected chi connectivity index (χ3v) is 3.87. The van der Waals surface area contributed by atoms with Crippen molar-refractivity contribution in [2.45, 2.75) is 38.6 Å². The normalized spacial score (nSPS) is 33.4. The van der Waals surface area contributed by atoms with Gasteiger partial charge in [-0.2, -0.15) is 0 Å². The monoisotopic (exact) mass is 233 g/mol. The summed E-state index contributed by atoms with van der Waals surface area (Å²) < 4.78 is 5.45. The van der Waals surface area contributed by atoms with E-state index in [0.717, 1.165) is 18.6 Å². The van der Waals surface area contributed by atoms with Crippen molar-refractivity contribution < 1.29 is 4.74 Å². The summed E-state index contributed by atoms with van der Waals surface area (Å²) in [7, 11) is 1.72. The van der Waals surface area contributed by atoms with Crippen molar-refractivity contribution in [1.29, 1.82) is 0 Å². The molecule has 0 aromatic heterocycles. The Morgan fingerprint density at radius 3 is 2.35 bits per heavy atom. The summed E-state index contributed by atoms with van der Waals surface area (Å²) >= 11 is 0. The minimum Gasteiger partial charge on any atom is -0.496 e. The molecule has 94 valence electrons. The fourth-order valence-electron chi connectivity index (χ4n) is 3.46. The van der Waals surface area contributed by atoms with Gasteiger partial charge in [-0.3, -0.25) is 0 Å². The molecule has 1 aliphatic carbocycles. The van der Waals surface area contributed by atoms with Crippen LogP contribution in [0.3, 0.4) is 0 Å². The molecule has 0 spiro atoms. The first-order valence-corrected chi connectivity index (χ1v) is 6.47. The van der Waals surface area contributed by atoms with Crippen LogP contribution < -0.4 is 10.5 Å². The lowest BCUT2D eigenvalue weighted by Gasteiger charge is -2.41. The highest BCUT2D eigenvalue weighted by atomic mass is 16.5. The molecule has 0 amide bonds. The van der Waals surface area contributed by atoms with Gasteiger partial charge in [0.15, 0.2) is 0 Å². The van der Waals surface area contributed by atoms with Gasteiger partial charge >= 0.3 is 0 Å². The van der Waals surface area contributed by atoms with E-state index in [2.05, 4.69) is 26.0 Å². The second-order valence-electron chi connectivity index (χ2n) is 5.71. The summed E-state index contributed by atoms with van der Waals surface area (Å²) in [6, 6.07) is 8.18. The molecule has 1 aliphatic rings. The maximum atomic E-state index is 6.66. The lowest BCUT2D eigenvalue weighted by Crippen LogP contribution is -2.43. The van der Waals surface area contributed by atoms with Gasteiger partial charge in [-0.05, 0) is 37.2 Å². The molecule has 0 radical (unpaired) electrons. The summed E-state index contributed by atoms with van der Waals surface area (Å²) in [6.07, 6.45) is 3.39. The molecule has 1 aromatic rings. The van der Waals surface area contributed by atoms with E-state index in [4.69, 9.17) is 10.5 Å². The highest BCUT2D eigenvalue weighted by molar-refractivity contribution is 5.39. The number of rotatable bonds is 2. The van der Waals surface area contributed by atoms with E-state index in [1.807, 2.05) is 12.1 Å². The molecule has 2 unspecified atom stereocenters. The van der Waals surface area contributed by atoms with Gasteiger partial charge in [0.05, 0.1) is 7.11 Å². The summed E-state index contributed by atoms with van der Waals surface area (Å²) in [5, 5.41) is 0. The van der Waals surface area contributed by atoms with Gasteiger partial charge in [0, 0.05) is 11.1 Å². The predicted octanol–water partition coefficient (Wildman–Crippen LogP) is 3.31. The van der Waals surface area contributed by atoms with Crippen LogP contribution in [0.1, 0.15) is 38.7 Å². The lowest BCUT2D eigenvalue weighted by atomic mass is 9.69. The van der Waals surface area contributed by atoms with E-state index in [-0.39, 0.29) is 5.54 Å². The molecular formula is C15H23NO. The number of ether oxygens (including phenoxy) is 1. The maximum Gasteiger partial charge on any atom is 0.123 e. The average Bonchev–Trinajstić information content (AvgIpc) is 2.27. The Kier molecular flexibility index (Phi) is 3.43. The Morgan fingerprint density at radius 1 is 1.18 bits per heavy atom. The first kappa shape index (κ1) is 12.4. The van der Waals surface area contributed by atoms with Gasteiger partial charge in [-0.25, -0.2) is 0 Å². The third-order valence-electron chi connectivity index (χ3n) is 3.87. The van der Waals surface area contributed by atoms with Crippen LogP contribution in [0.4, 0.5) is 0 Å². The molecule has 2 heteroatoms. The van der Waals surface area contributed by atoms with Crippen molar-refractivity contribution in [3.8, 4) is 5.75 Å². The molecule has 1 saturated carbocycles. The number of para-hydroxylation sites is 1. The molecule has 0 bridgehead atoms. The summed E-state index contributed by atoms with van der Waals surface area (Å²) in [4.78, 5) is 0. The number of nitrogens with two attached hydrogens (primary N) is 1. The molecule has 0 saturated heterocycles. The number of methoxy groups -OCH3 is 1. The fourth-order valence-corrected chi connectivity index (χ4v) is 3.46. The first-order chi connectivity index (χ1) is 8.05. The largest absolute Gasteiger partial charge is 0.496 e. The molecule has 0 heterocycles. The molecule has 2 N–H and O–H groups in total. The van der Waals surface area contributed by atoms with Gasteiger partial charge in [0.1, 0.15) is 5.75 Å². The molecule has 2 atom stereocenters. The second-order valence-corrected chi connectivity index (χ2v) is 5.71. The van der Waals surface area contributed by atoms with E-state index >= 15 is 0 Å². The minimum absolute atomic E-state index is 0.219. The van der Waals surface area contributed by atoms with Crippen molar-refractivity contribution in [1.82, 2.24) is 0 Å². The summed E-state index contributed by atoms with van der Waals surface area (Å²) in [5.74, 6) is 2.30. The van der Waals surface area contributed by atoms with E-state index in [0.29, 0.717) is 11.8 Å². The fraction of sp³-hybridized carbons (Fsp3) is 0.600. The van der Waals surface area contributed by atoms with Crippen LogP contribution in [0.15, 0.2) is 24.3 Å². The van der Waals surface area contributed by atoms with Gasteiger partial charge < -0.3 is 10.5 Å². The first-order valence-electron chi connectivity index (χ1n) is 6.47. The molecule has 1 aromatic carbocycles. The molecule has 1 fully saturated rings. The van der Waals surface area contributed by atoms with Crippen LogP contribution in [0, 0.1) is 11.8 Å². The summed E-state index contributed by atoms with van der Waals surface area (Å²) in [5.41, 5.74) is 7.61. The van der Waals surface area contributed by atoms with Crippen LogP contribution in [-0.4, -0.2) is 7.11 Å². The Bertz CT molecular complexity index is 378. The van der Waals surface area contributed by atoms with E-state index in [1.165, 1.54) is 12.0 Å². The van der Waals surface area contributed by atoms with Crippen molar-refractivity contribution in [3.63, 3.8) is 0 Å². The Balaban J connectivity index is 2.36. The molecule has 2 rings (SSSR count). The lowest BCUT2D eigenvalue weighted by molar-refractivity contribution is 0.180. The smallest absolute Gasteiger partial charge is 0.123 e. The van der Waals surface area contributed by atoms with Gasteiger partial charge in [0.2, 0.25) is 0 Å². The predicted molar refractivity (Wildman–Crippen MR) is 71.0 cm³/mol. The Morgan fingerprint density at radius 2 is 1.76 bits per heavy atom. The highest BCUT2D eigenvalue weighted by Gasteiger charge is 2.37. The van der Waals surface area contributed by atoms with E-state index < -0.39 is 0 Å². The SMILES string of the molecule is COc1ccccc1C1(N)CC(C)CC(C)C1. The summed E-state index contributed by atoms with van der Waals surface area (Å²) in [6.45, 7) is 4.60. The van der Waals surface area contributed by atoms with Crippen LogP contribution in [0.25, 0.3) is 0 Å². The third kappa shape index (κ3) is 2.47. The Hall–Kier alpha value is -1.02. The van der Waals surface area contributed by atoms with Crippen LogP contribution in [0.2, 0.25) is 0 Å². The standard InChI is InChI=1S/C15H23NO/c1-11-8-12(2)10-15(16,9-11)13-6-4-5-7-14(13)17-3/h4-7,11-12H,8-10,16H2,1-3H3. The van der Waals surface area contributed by atoms with Crippen molar-refractivity contribution in [2.24, 2.45) is 17.6 Å². The van der Waals surface area contributed by atoms with E-state index in [9.17, 15) is 0 Å². The molecule has 0 aliphatic heterocycles. The van der Waals surface area contributed by atoms with Crippen LogP contribution >= 0.6 is 0 Å². The molecule has 17 heavy (non-hydrogen) atoms. The zero-order valence-corrected chi connectivity index (χ0v) is 11.1. The van der Waals surface area contributed by atoms with Crippen molar-refractivity contribution >= 4 is 0 Å². The number of hydrogen-bond acceptors (Lipinski definition) is 2. The Labute approximate surface area is 104 Å². The average molecular weight is 233 g/mol. The second kappa shape index (κ2) is 4.69. The van der Waals surface area contributed by atoms with Crippen LogP contribution in [-0.2, 0) is 5.54 Å². The topological polar surface area (TPSA) is 35.2 Å². The van der Waals surface area contributed by atoms with Crippen LogP contribution in [0.5, 0.6) is 5.75 Å². The minimum atomic E-state index is -0.219. The molecular weight excluding hydrogens is 210 g/mol. The number of benzene rings is 1. The zero-order valence-electron chi connectivity index (χ0n) is 11.1. The van der Waals surface area contributed by atoms with Crippen molar-refractivity contribution in [3.05, 3.63) is 29.8 Å². The number of hydrogen-bond donors (Lipinski definition) is 1. The van der Waals surface area contributed by atoms with E-state index in [1.54, 1.807) is 7.11 Å². The van der Waals surface area contributed by atoms with Gasteiger partial charge in [-0.1, -0.05) is 32.0 Å². The maximum absolute atomic E-state index is 6.66. The van der Waals surface area contributed by atoms with Gasteiger partial charge in [-0.15, -0.1) is 0 Å². The quantitative estimate of drug-likeness (QED) is 0.850. The zero-order chi connectivity index (χ0) is 12.5. The van der Waals surface area contributed by atoms with Gasteiger partial charge in [0.25, 0.3) is 0 Å².